The van der Waals surface area contributed by atoms with Gasteiger partial charge in [-0.1, -0.05) is 38.3 Å². The van der Waals surface area contributed by atoms with E-state index in [0.717, 1.165) is 25.6 Å². The maximum Gasteiger partial charge on any atom is 0.115 e. The molecule has 2 N–H and O–H groups in total. The molecule has 122 valence electrons. The Kier molecular flexibility index (Phi) is 5.04. The monoisotopic (exact) mass is 303 g/mol. The van der Waals surface area contributed by atoms with Gasteiger partial charge < -0.3 is 15.1 Å². The average molecular weight is 303 g/mol. The summed E-state index contributed by atoms with van der Waals surface area (Å²) in [7, 11) is 0. The second-order valence-corrected chi connectivity index (χ2v) is 7.43. The Morgan fingerprint density at radius 3 is 2.41 bits per heavy atom. The lowest BCUT2D eigenvalue weighted by Crippen LogP contribution is -2.26. The van der Waals surface area contributed by atoms with E-state index in [1.54, 1.807) is 12.1 Å². The van der Waals surface area contributed by atoms with Crippen molar-refractivity contribution >= 4 is 0 Å². The lowest BCUT2D eigenvalue weighted by molar-refractivity contribution is 0.195. The third-order valence-corrected chi connectivity index (χ3v) is 5.52. The van der Waals surface area contributed by atoms with Crippen molar-refractivity contribution in [1.29, 1.82) is 0 Å². The minimum atomic E-state index is 0.331. The first-order valence-electron chi connectivity index (χ1n) is 8.78. The average Bonchev–Trinajstić information content (AvgIpc) is 3.26. The molecule has 1 aromatic rings. The summed E-state index contributed by atoms with van der Waals surface area (Å²) in [5.41, 5.74) is 1.28. The molecule has 1 unspecified atom stereocenters. The van der Waals surface area contributed by atoms with E-state index in [-0.39, 0.29) is 0 Å². The summed E-state index contributed by atoms with van der Waals surface area (Å²) in [5, 5.41) is 19.1. The molecule has 3 nitrogen and oxygen atoms in total. The molecule has 3 rings (SSSR count). The summed E-state index contributed by atoms with van der Waals surface area (Å²) in [4.78, 5) is 2.52. The fourth-order valence-electron chi connectivity index (χ4n) is 3.87. The second kappa shape index (κ2) is 7.01. The van der Waals surface area contributed by atoms with Gasteiger partial charge in [-0.25, -0.2) is 0 Å². The molecular formula is C19H29NO2. The Balaban J connectivity index is 1.52. The zero-order valence-electron chi connectivity index (χ0n) is 13.6. The number of hydrogen-bond donors (Lipinski definition) is 2. The van der Waals surface area contributed by atoms with Crippen LogP contribution in [0.15, 0.2) is 24.3 Å². The summed E-state index contributed by atoms with van der Waals surface area (Å²) in [6, 6.07) is 7.57. The van der Waals surface area contributed by atoms with Crippen LogP contribution in [0, 0.1) is 17.8 Å². The van der Waals surface area contributed by atoms with E-state index in [1.165, 1.54) is 31.2 Å². The first kappa shape index (κ1) is 15.8. The predicted molar refractivity (Wildman–Crippen MR) is 89.0 cm³/mol. The molecule has 2 aliphatic rings. The quantitative estimate of drug-likeness (QED) is 0.813. The van der Waals surface area contributed by atoms with Gasteiger partial charge in [-0.3, -0.25) is 0 Å². The van der Waals surface area contributed by atoms with Gasteiger partial charge in [0.2, 0.25) is 0 Å². The number of aliphatic hydroxyl groups is 1. The highest BCUT2D eigenvalue weighted by atomic mass is 16.3. The highest BCUT2D eigenvalue weighted by molar-refractivity contribution is 5.28. The van der Waals surface area contributed by atoms with Crippen LogP contribution in [-0.2, 0) is 0 Å². The molecule has 2 fully saturated rings. The molecular weight excluding hydrogens is 274 g/mol. The highest BCUT2D eigenvalue weighted by Crippen LogP contribution is 2.37. The minimum absolute atomic E-state index is 0.331. The zero-order valence-corrected chi connectivity index (χ0v) is 13.6. The van der Waals surface area contributed by atoms with E-state index >= 15 is 0 Å². The molecule has 1 aromatic carbocycles. The molecule has 1 aliphatic carbocycles. The fourth-order valence-corrected chi connectivity index (χ4v) is 3.87. The van der Waals surface area contributed by atoms with Crippen LogP contribution in [0.1, 0.15) is 44.1 Å². The molecule has 1 aliphatic heterocycles. The van der Waals surface area contributed by atoms with Crippen molar-refractivity contribution in [2.24, 2.45) is 17.8 Å². The van der Waals surface area contributed by atoms with E-state index in [2.05, 4.69) is 11.8 Å². The zero-order chi connectivity index (χ0) is 15.5. The number of phenolic OH excluding ortho intramolecular Hbond substituents is 1. The number of rotatable bonds is 7. The Bertz CT molecular complexity index is 469. The molecule has 0 spiro atoms. The van der Waals surface area contributed by atoms with Crippen molar-refractivity contribution in [3.63, 3.8) is 0 Å². The summed E-state index contributed by atoms with van der Waals surface area (Å²) in [6.45, 7) is 5.80. The van der Waals surface area contributed by atoms with Gasteiger partial charge in [-0.2, -0.15) is 0 Å². The van der Waals surface area contributed by atoms with Crippen LogP contribution in [0.4, 0.5) is 0 Å². The van der Waals surface area contributed by atoms with Crippen molar-refractivity contribution in [1.82, 2.24) is 4.90 Å². The molecule has 1 saturated heterocycles. The van der Waals surface area contributed by atoms with Crippen LogP contribution in [0.5, 0.6) is 5.75 Å². The number of nitrogens with zero attached hydrogens (tertiary/aromatic N) is 1. The Morgan fingerprint density at radius 1 is 1.09 bits per heavy atom. The molecule has 1 saturated carbocycles. The van der Waals surface area contributed by atoms with Crippen LogP contribution < -0.4 is 0 Å². The molecule has 1 heterocycles. The smallest absolute Gasteiger partial charge is 0.115 e. The number of phenols is 1. The summed E-state index contributed by atoms with van der Waals surface area (Å²) < 4.78 is 0. The van der Waals surface area contributed by atoms with Crippen molar-refractivity contribution < 1.29 is 10.2 Å². The first-order valence-corrected chi connectivity index (χ1v) is 8.78. The highest BCUT2D eigenvalue weighted by Gasteiger charge is 2.34. The lowest BCUT2D eigenvalue weighted by Gasteiger charge is -2.21. The lowest BCUT2D eigenvalue weighted by atomic mass is 9.91. The van der Waals surface area contributed by atoms with E-state index in [4.69, 9.17) is 0 Å². The van der Waals surface area contributed by atoms with E-state index in [9.17, 15) is 10.2 Å². The van der Waals surface area contributed by atoms with Gasteiger partial charge in [0.15, 0.2) is 0 Å². The van der Waals surface area contributed by atoms with Gasteiger partial charge in [-0.05, 0) is 47.8 Å². The van der Waals surface area contributed by atoms with Gasteiger partial charge in [0.1, 0.15) is 5.75 Å². The maximum absolute atomic E-state index is 9.66. The van der Waals surface area contributed by atoms with Gasteiger partial charge >= 0.3 is 0 Å². The molecule has 22 heavy (non-hydrogen) atoms. The Morgan fingerprint density at radius 2 is 1.77 bits per heavy atom. The molecule has 0 bridgehead atoms. The molecule has 0 aromatic heterocycles. The fraction of sp³-hybridized carbons (Fsp3) is 0.684. The summed E-state index contributed by atoms with van der Waals surface area (Å²) in [6.07, 6.45) is 5.51. The maximum atomic E-state index is 9.66. The number of likely N-dealkylation sites (tertiary alicyclic amines) is 1. The summed E-state index contributed by atoms with van der Waals surface area (Å²) in [5.74, 6) is 2.92. The van der Waals surface area contributed by atoms with Gasteiger partial charge in [0.05, 0.1) is 0 Å². The topological polar surface area (TPSA) is 43.7 Å². The minimum Gasteiger partial charge on any atom is -0.508 e. The largest absolute Gasteiger partial charge is 0.508 e. The normalized spacial score (nSPS) is 27.2. The Labute approximate surface area is 134 Å². The van der Waals surface area contributed by atoms with Crippen LogP contribution in [0.25, 0.3) is 0 Å². The summed E-state index contributed by atoms with van der Waals surface area (Å²) >= 11 is 0. The van der Waals surface area contributed by atoms with E-state index in [1.807, 2.05) is 12.1 Å². The number of aliphatic hydroxyl groups excluding tert-OH is 1. The van der Waals surface area contributed by atoms with Crippen molar-refractivity contribution in [2.45, 2.75) is 38.5 Å². The molecule has 3 atom stereocenters. The number of benzene rings is 1. The van der Waals surface area contributed by atoms with Crippen molar-refractivity contribution in [3.05, 3.63) is 29.8 Å². The Hall–Kier alpha value is -1.06. The molecule has 0 radical (unpaired) electrons. The van der Waals surface area contributed by atoms with Crippen LogP contribution in [0.3, 0.4) is 0 Å². The second-order valence-electron chi connectivity index (χ2n) is 7.43. The SMILES string of the molecule is CC(CN1C[C@@H](CCC2CC2)[C@@H](CO)C1)c1ccc(O)cc1. The van der Waals surface area contributed by atoms with E-state index < -0.39 is 0 Å². The first-order chi connectivity index (χ1) is 10.7. The van der Waals surface area contributed by atoms with Crippen molar-refractivity contribution in [2.75, 3.05) is 26.2 Å². The van der Waals surface area contributed by atoms with Gasteiger partial charge in [-0.15, -0.1) is 0 Å². The van der Waals surface area contributed by atoms with Crippen LogP contribution >= 0.6 is 0 Å². The third kappa shape index (κ3) is 4.02. The van der Waals surface area contributed by atoms with Gasteiger partial charge in [0.25, 0.3) is 0 Å². The predicted octanol–water partition coefficient (Wildman–Crippen LogP) is 3.23. The van der Waals surface area contributed by atoms with Crippen LogP contribution in [0.2, 0.25) is 0 Å². The third-order valence-electron chi connectivity index (χ3n) is 5.52. The molecule has 3 heteroatoms. The van der Waals surface area contributed by atoms with E-state index in [0.29, 0.717) is 30.1 Å². The van der Waals surface area contributed by atoms with Gasteiger partial charge in [0, 0.05) is 26.2 Å². The number of aromatic hydroxyl groups is 1. The van der Waals surface area contributed by atoms with Crippen LogP contribution in [-0.4, -0.2) is 41.4 Å². The standard InChI is InChI=1S/C19H29NO2/c1-14(16-6-8-19(22)9-7-16)10-20-11-17(18(12-20)13-21)5-4-15-2-3-15/h6-9,14-15,17-18,21-22H,2-5,10-13H2,1H3/t14?,17-,18-/m1/s1. The van der Waals surface area contributed by atoms with Crippen molar-refractivity contribution in [3.8, 4) is 5.75 Å². The number of hydrogen-bond acceptors (Lipinski definition) is 3. The molecule has 0 amide bonds.